The van der Waals surface area contributed by atoms with Gasteiger partial charge in [0.25, 0.3) is 0 Å². The van der Waals surface area contributed by atoms with Crippen LogP contribution in [-0.4, -0.2) is 11.0 Å². The van der Waals surface area contributed by atoms with Crippen molar-refractivity contribution in [2.24, 2.45) is 0 Å². The van der Waals surface area contributed by atoms with Crippen molar-refractivity contribution in [3.8, 4) is 0 Å². The topological polar surface area (TPSA) is 52.3 Å². The summed E-state index contributed by atoms with van der Waals surface area (Å²) in [4.78, 5) is 14.2. The number of rotatable bonds is 2. The van der Waals surface area contributed by atoms with Crippen molar-refractivity contribution in [2.75, 3.05) is 0 Å². The van der Waals surface area contributed by atoms with Gasteiger partial charge in [0, 0.05) is 6.92 Å². The Hall–Kier alpha value is -1.32. The van der Waals surface area contributed by atoms with Gasteiger partial charge in [0.1, 0.15) is 5.76 Å². The molecule has 0 N–H and O–H groups in total. The highest BCUT2D eigenvalue weighted by Gasteiger charge is 2.01. The SMILES string of the molecule is CC(=O)OCc1ncc(C)o1. The van der Waals surface area contributed by atoms with E-state index in [-0.39, 0.29) is 12.6 Å². The molecular weight excluding hydrogens is 146 g/mol. The Labute approximate surface area is 64.2 Å². The van der Waals surface area contributed by atoms with Crippen molar-refractivity contribution in [1.82, 2.24) is 4.98 Å². The molecule has 1 aromatic rings. The Bertz CT molecular complexity index is 254. The lowest BCUT2D eigenvalue weighted by molar-refractivity contribution is -0.142. The fraction of sp³-hybridized carbons (Fsp3) is 0.429. The van der Waals surface area contributed by atoms with E-state index < -0.39 is 0 Å². The van der Waals surface area contributed by atoms with E-state index in [0.717, 1.165) is 0 Å². The van der Waals surface area contributed by atoms with Gasteiger partial charge in [-0.25, -0.2) is 4.98 Å². The van der Waals surface area contributed by atoms with Crippen LogP contribution in [0.4, 0.5) is 0 Å². The average molecular weight is 155 g/mol. The molecule has 0 spiro atoms. The molecule has 0 aliphatic rings. The zero-order chi connectivity index (χ0) is 8.27. The molecule has 0 saturated heterocycles. The molecule has 0 aliphatic heterocycles. The molecule has 0 aromatic carbocycles. The van der Waals surface area contributed by atoms with E-state index in [0.29, 0.717) is 11.7 Å². The van der Waals surface area contributed by atoms with Crippen LogP contribution in [0.5, 0.6) is 0 Å². The van der Waals surface area contributed by atoms with Crippen LogP contribution in [0.3, 0.4) is 0 Å². The molecule has 0 fully saturated rings. The Morgan fingerprint density at radius 3 is 3.00 bits per heavy atom. The van der Waals surface area contributed by atoms with Crippen LogP contribution in [0.1, 0.15) is 18.6 Å². The minimum Gasteiger partial charge on any atom is -0.456 e. The van der Waals surface area contributed by atoms with Crippen molar-refractivity contribution < 1.29 is 13.9 Å². The fourth-order valence-corrected chi connectivity index (χ4v) is 0.632. The molecule has 4 nitrogen and oxygen atoms in total. The fourth-order valence-electron chi connectivity index (χ4n) is 0.632. The van der Waals surface area contributed by atoms with Crippen LogP contribution in [0.25, 0.3) is 0 Å². The van der Waals surface area contributed by atoms with Crippen LogP contribution in [-0.2, 0) is 16.1 Å². The van der Waals surface area contributed by atoms with Crippen molar-refractivity contribution in [1.29, 1.82) is 0 Å². The highest BCUT2D eigenvalue weighted by Crippen LogP contribution is 2.02. The van der Waals surface area contributed by atoms with Crippen molar-refractivity contribution >= 4 is 5.97 Å². The van der Waals surface area contributed by atoms with Gasteiger partial charge in [0.15, 0.2) is 6.61 Å². The smallest absolute Gasteiger partial charge is 0.303 e. The molecule has 0 radical (unpaired) electrons. The van der Waals surface area contributed by atoms with Gasteiger partial charge in [-0.15, -0.1) is 0 Å². The van der Waals surface area contributed by atoms with E-state index in [1.165, 1.54) is 6.92 Å². The van der Waals surface area contributed by atoms with Gasteiger partial charge in [-0.3, -0.25) is 4.79 Å². The number of esters is 1. The second-order valence-corrected chi connectivity index (χ2v) is 2.14. The van der Waals surface area contributed by atoms with Crippen LogP contribution in [0, 0.1) is 6.92 Å². The van der Waals surface area contributed by atoms with Gasteiger partial charge in [-0.1, -0.05) is 0 Å². The number of carbonyl (C=O) groups is 1. The molecule has 0 amide bonds. The number of aromatic nitrogens is 1. The third-order valence-corrected chi connectivity index (χ3v) is 1.07. The number of oxazole rings is 1. The highest BCUT2D eigenvalue weighted by molar-refractivity contribution is 5.65. The second kappa shape index (κ2) is 3.18. The molecule has 1 aromatic heterocycles. The van der Waals surface area contributed by atoms with Gasteiger partial charge >= 0.3 is 5.97 Å². The van der Waals surface area contributed by atoms with E-state index >= 15 is 0 Å². The van der Waals surface area contributed by atoms with Gasteiger partial charge < -0.3 is 9.15 Å². The van der Waals surface area contributed by atoms with Crippen LogP contribution < -0.4 is 0 Å². The standard InChI is InChI=1S/C7H9NO3/c1-5-3-8-7(11-5)4-10-6(2)9/h3H,4H2,1-2H3. The molecule has 0 atom stereocenters. The lowest BCUT2D eigenvalue weighted by Gasteiger charge is -1.94. The molecule has 1 rings (SSSR count). The first kappa shape index (κ1) is 7.78. The van der Waals surface area contributed by atoms with E-state index in [2.05, 4.69) is 9.72 Å². The maximum atomic E-state index is 10.3. The molecule has 60 valence electrons. The number of carbonyl (C=O) groups excluding carboxylic acids is 1. The first-order valence-corrected chi connectivity index (χ1v) is 3.23. The molecule has 0 unspecified atom stereocenters. The van der Waals surface area contributed by atoms with Crippen LogP contribution >= 0.6 is 0 Å². The molecule has 0 aliphatic carbocycles. The summed E-state index contributed by atoms with van der Waals surface area (Å²) < 4.78 is 9.69. The summed E-state index contributed by atoms with van der Waals surface area (Å²) in [5.74, 6) is 0.811. The monoisotopic (exact) mass is 155 g/mol. The summed E-state index contributed by atoms with van der Waals surface area (Å²) in [6, 6.07) is 0. The van der Waals surface area contributed by atoms with Crippen molar-refractivity contribution in [2.45, 2.75) is 20.5 Å². The number of ether oxygens (including phenoxy) is 1. The maximum Gasteiger partial charge on any atom is 0.303 e. The third kappa shape index (κ3) is 2.41. The molecule has 1 heterocycles. The Morgan fingerprint density at radius 1 is 1.82 bits per heavy atom. The number of hydrogen-bond donors (Lipinski definition) is 0. The zero-order valence-corrected chi connectivity index (χ0v) is 6.46. The first-order chi connectivity index (χ1) is 5.18. The second-order valence-electron chi connectivity index (χ2n) is 2.14. The highest BCUT2D eigenvalue weighted by atomic mass is 16.5. The minimum absolute atomic E-state index is 0.114. The first-order valence-electron chi connectivity index (χ1n) is 3.23. The van der Waals surface area contributed by atoms with E-state index in [1.54, 1.807) is 13.1 Å². The predicted molar refractivity (Wildman–Crippen MR) is 36.7 cm³/mol. The van der Waals surface area contributed by atoms with E-state index in [4.69, 9.17) is 4.42 Å². The van der Waals surface area contributed by atoms with E-state index in [9.17, 15) is 4.79 Å². The van der Waals surface area contributed by atoms with Crippen LogP contribution in [0.2, 0.25) is 0 Å². The lowest BCUT2D eigenvalue weighted by Crippen LogP contribution is -1.98. The number of nitrogens with zero attached hydrogens (tertiary/aromatic N) is 1. The van der Waals surface area contributed by atoms with E-state index in [1.807, 2.05) is 0 Å². The minimum atomic E-state index is -0.333. The Morgan fingerprint density at radius 2 is 2.55 bits per heavy atom. The van der Waals surface area contributed by atoms with Gasteiger partial charge in [0.2, 0.25) is 5.89 Å². The van der Waals surface area contributed by atoms with Crippen LogP contribution in [0.15, 0.2) is 10.6 Å². The Balaban J connectivity index is 2.45. The number of aryl methyl sites for hydroxylation is 1. The molecule has 11 heavy (non-hydrogen) atoms. The number of hydrogen-bond acceptors (Lipinski definition) is 4. The lowest BCUT2D eigenvalue weighted by atomic mass is 10.6. The maximum absolute atomic E-state index is 10.3. The van der Waals surface area contributed by atoms with Gasteiger partial charge in [-0.05, 0) is 6.92 Å². The molecule has 0 saturated carbocycles. The summed E-state index contributed by atoms with van der Waals surface area (Å²) in [5, 5.41) is 0. The average Bonchev–Trinajstić information content (AvgIpc) is 2.31. The molecule has 4 heteroatoms. The summed E-state index contributed by atoms with van der Waals surface area (Å²) in [6.07, 6.45) is 1.58. The normalized spacial score (nSPS) is 9.64. The molecular formula is C7H9NO3. The molecule has 0 bridgehead atoms. The summed E-state index contributed by atoms with van der Waals surface area (Å²) in [7, 11) is 0. The summed E-state index contributed by atoms with van der Waals surface area (Å²) in [6.45, 7) is 3.24. The van der Waals surface area contributed by atoms with Crippen molar-refractivity contribution in [3.63, 3.8) is 0 Å². The predicted octanol–water partition coefficient (Wildman–Crippen LogP) is 1.05. The van der Waals surface area contributed by atoms with Gasteiger partial charge in [0.05, 0.1) is 6.20 Å². The Kier molecular flexibility index (Phi) is 2.25. The van der Waals surface area contributed by atoms with Crippen molar-refractivity contribution in [3.05, 3.63) is 17.8 Å². The third-order valence-electron chi connectivity index (χ3n) is 1.07. The van der Waals surface area contributed by atoms with Gasteiger partial charge in [-0.2, -0.15) is 0 Å². The summed E-state index contributed by atoms with van der Waals surface area (Å²) in [5.41, 5.74) is 0. The summed E-state index contributed by atoms with van der Waals surface area (Å²) >= 11 is 0. The largest absolute Gasteiger partial charge is 0.456 e. The quantitative estimate of drug-likeness (QED) is 0.599. The zero-order valence-electron chi connectivity index (χ0n) is 6.46.